The van der Waals surface area contributed by atoms with Gasteiger partial charge in [0.15, 0.2) is 0 Å². The minimum atomic E-state index is -1.01. The first-order valence-electron chi connectivity index (χ1n) is 6.62. The number of nitrogens with zero attached hydrogens (tertiary/aromatic N) is 1. The number of hydrogen-bond donors (Lipinski definition) is 1. The van der Waals surface area contributed by atoms with Gasteiger partial charge in [-0.15, -0.1) is 0 Å². The third-order valence-corrected chi connectivity index (χ3v) is 3.08. The number of hydrogen-bond acceptors (Lipinski definition) is 3. The third-order valence-electron chi connectivity index (χ3n) is 3.08. The molecule has 1 N–H and O–H groups in total. The van der Waals surface area contributed by atoms with Crippen molar-refractivity contribution in [2.75, 3.05) is 6.61 Å². The smallest absolute Gasteiger partial charge is 0.339 e. The van der Waals surface area contributed by atoms with Crippen molar-refractivity contribution in [1.82, 2.24) is 0 Å². The first-order chi connectivity index (χ1) is 10.2. The third kappa shape index (κ3) is 3.40. The van der Waals surface area contributed by atoms with Gasteiger partial charge in [0.25, 0.3) is 0 Å². The van der Waals surface area contributed by atoms with Crippen LogP contribution < -0.4 is 4.74 Å². The van der Waals surface area contributed by atoms with E-state index in [1.807, 2.05) is 37.3 Å². The van der Waals surface area contributed by atoms with E-state index in [-0.39, 0.29) is 5.56 Å². The van der Waals surface area contributed by atoms with Gasteiger partial charge < -0.3 is 9.84 Å². The Morgan fingerprint density at radius 3 is 2.43 bits per heavy atom. The van der Waals surface area contributed by atoms with E-state index in [9.17, 15) is 9.90 Å². The summed E-state index contributed by atoms with van der Waals surface area (Å²) in [5.74, 6) is -0.642. The molecule has 2 aromatic carbocycles. The number of aromatic carboxylic acids is 1. The Morgan fingerprint density at radius 2 is 1.86 bits per heavy atom. The molecular formula is C17H15NO3. The molecule has 0 aromatic heterocycles. The molecule has 2 aromatic rings. The van der Waals surface area contributed by atoms with Crippen molar-refractivity contribution in [3.8, 4) is 22.9 Å². The molecule has 0 saturated carbocycles. The van der Waals surface area contributed by atoms with E-state index in [0.29, 0.717) is 18.8 Å². The molecule has 0 bridgehead atoms. The largest absolute Gasteiger partial charge is 0.493 e. The topological polar surface area (TPSA) is 70.3 Å². The molecule has 2 rings (SSSR count). The second kappa shape index (κ2) is 6.58. The maximum absolute atomic E-state index is 11.3. The predicted molar refractivity (Wildman–Crippen MR) is 79.3 cm³/mol. The van der Waals surface area contributed by atoms with Gasteiger partial charge >= 0.3 is 5.97 Å². The zero-order valence-electron chi connectivity index (χ0n) is 11.7. The van der Waals surface area contributed by atoms with Crippen LogP contribution in [0.15, 0.2) is 42.5 Å². The van der Waals surface area contributed by atoms with Crippen LogP contribution in [0, 0.1) is 11.3 Å². The quantitative estimate of drug-likeness (QED) is 0.910. The summed E-state index contributed by atoms with van der Waals surface area (Å²) in [6.07, 6.45) is 0.365. The van der Waals surface area contributed by atoms with Gasteiger partial charge in [-0.05, 0) is 35.7 Å². The normalized spacial score (nSPS) is 9.90. The maximum Gasteiger partial charge on any atom is 0.339 e. The molecule has 0 fully saturated rings. The highest BCUT2D eigenvalue weighted by atomic mass is 16.5. The van der Waals surface area contributed by atoms with Crippen molar-refractivity contribution >= 4 is 5.97 Å². The molecule has 106 valence electrons. The number of benzene rings is 2. The monoisotopic (exact) mass is 281 g/mol. The molecule has 0 heterocycles. The summed E-state index contributed by atoms with van der Waals surface area (Å²) in [5, 5.41) is 17.9. The standard InChI is InChI=1S/C17H15NO3/c1-2-21-16-8-7-14(11-15(16)17(19)20)13-5-3-12(4-6-13)9-10-18/h3-8,11H,2,9H2,1H3,(H,19,20). The SMILES string of the molecule is CCOc1ccc(-c2ccc(CC#N)cc2)cc1C(=O)O. The fourth-order valence-corrected chi connectivity index (χ4v) is 2.06. The van der Waals surface area contributed by atoms with Crippen LogP contribution in [0.2, 0.25) is 0 Å². The van der Waals surface area contributed by atoms with Gasteiger partial charge in [-0.1, -0.05) is 30.3 Å². The first-order valence-corrected chi connectivity index (χ1v) is 6.62. The zero-order chi connectivity index (χ0) is 15.2. The molecule has 0 aliphatic carbocycles. The van der Waals surface area contributed by atoms with Crippen LogP contribution in [-0.2, 0) is 6.42 Å². The molecule has 0 aliphatic rings. The molecule has 21 heavy (non-hydrogen) atoms. The lowest BCUT2D eigenvalue weighted by atomic mass is 10.0. The first kappa shape index (κ1) is 14.6. The van der Waals surface area contributed by atoms with Gasteiger partial charge in [-0.25, -0.2) is 4.79 Å². The van der Waals surface area contributed by atoms with E-state index in [0.717, 1.165) is 16.7 Å². The van der Waals surface area contributed by atoms with Crippen LogP contribution in [-0.4, -0.2) is 17.7 Å². The molecule has 4 nitrogen and oxygen atoms in total. The average molecular weight is 281 g/mol. The zero-order valence-corrected chi connectivity index (χ0v) is 11.7. The number of carboxylic acid groups (broad SMARTS) is 1. The van der Waals surface area contributed by atoms with Crippen LogP contribution in [0.3, 0.4) is 0 Å². The fourth-order valence-electron chi connectivity index (χ4n) is 2.06. The Hall–Kier alpha value is -2.80. The number of nitriles is 1. The van der Waals surface area contributed by atoms with Crippen molar-refractivity contribution in [1.29, 1.82) is 5.26 Å². The van der Waals surface area contributed by atoms with Crippen LogP contribution in [0.25, 0.3) is 11.1 Å². The minimum Gasteiger partial charge on any atom is -0.493 e. The Kier molecular flexibility index (Phi) is 4.57. The predicted octanol–water partition coefficient (Wildman–Crippen LogP) is 3.52. The van der Waals surface area contributed by atoms with Gasteiger partial charge in [0, 0.05) is 0 Å². The number of carboxylic acids is 1. The van der Waals surface area contributed by atoms with Crippen LogP contribution in [0.4, 0.5) is 0 Å². The number of ether oxygens (including phenoxy) is 1. The van der Waals surface area contributed by atoms with E-state index in [2.05, 4.69) is 6.07 Å². The van der Waals surface area contributed by atoms with Crippen LogP contribution >= 0.6 is 0 Å². The minimum absolute atomic E-state index is 0.149. The molecule has 0 spiro atoms. The summed E-state index contributed by atoms with van der Waals surface area (Å²) >= 11 is 0. The summed E-state index contributed by atoms with van der Waals surface area (Å²) in [5.41, 5.74) is 2.79. The Labute approximate surface area is 123 Å². The highest BCUT2D eigenvalue weighted by Crippen LogP contribution is 2.27. The fraction of sp³-hybridized carbons (Fsp3) is 0.176. The van der Waals surface area contributed by atoms with Crippen molar-refractivity contribution in [3.63, 3.8) is 0 Å². The van der Waals surface area contributed by atoms with Gasteiger partial charge in [0.2, 0.25) is 0 Å². The van der Waals surface area contributed by atoms with Crippen molar-refractivity contribution in [2.45, 2.75) is 13.3 Å². The van der Waals surface area contributed by atoms with Crippen molar-refractivity contribution < 1.29 is 14.6 Å². The number of carbonyl (C=O) groups is 1. The van der Waals surface area contributed by atoms with E-state index < -0.39 is 5.97 Å². The summed E-state index contributed by atoms with van der Waals surface area (Å²) < 4.78 is 5.32. The van der Waals surface area contributed by atoms with Crippen LogP contribution in [0.5, 0.6) is 5.75 Å². The Bertz CT molecular complexity index is 684. The van der Waals surface area contributed by atoms with Gasteiger partial charge in [-0.3, -0.25) is 0 Å². The molecule has 4 heteroatoms. The summed E-state index contributed by atoms with van der Waals surface area (Å²) in [4.78, 5) is 11.3. The Balaban J connectivity index is 2.38. The van der Waals surface area contributed by atoms with E-state index in [4.69, 9.17) is 10.00 Å². The maximum atomic E-state index is 11.3. The molecule has 0 aliphatic heterocycles. The average Bonchev–Trinajstić information content (AvgIpc) is 2.49. The molecule has 0 atom stereocenters. The van der Waals surface area contributed by atoms with Crippen LogP contribution in [0.1, 0.15) is 22.8 Å². The summed E-state index contributed by atoms with van der Waals surface area (Å²) in [6, 6.07) is 14.7. The molecule has 0 amide bonds. The van der Waals surface area contributed by atoms with E-state index in [1.165, 1.54) is 0 Å². The lowest BCUT2D eigenvalue weighted by Gasteiger charge is -2.09. The van der Waals surface area contributed by atoms with Gasteiger partial charge in [-0.2, -0.15) is 5.26 Å². The molecular weight excluding hydrogens is 266 g/mol. The second-order valence-electron chi connectivity index (χ2n) is 4.48. The summed E-state index contributed by atoms with van der Waals surface area (Å²) in [7, 11) is 0. The second-order valence-corrected chi connectivity index (χ2v) is 4.48. The number of rotatable bonds is 5. The van der Waals surface area contributed by atoms with Crippen molar-refractivity contribution in [3.05, 3.63) is 53.6 Å². The molecule has 0 radical (unpaired) electrons. The lowest BCUT2D eigenvalue weighted by molar-refractivity contribution is 0.0692. The lowest BCUT2D eigenvalue weighted by Crippen LogP contribution is -2.03. The Morgan fingerprint density at radius 1 is 1.19 bits per heavy atom. The molecule has 0 unspecified atom stereocenters. The van der Waals surface area contributed by atoms with E-state index in [1.54, 1.807) is 12.1 Å². The molecule has 0 saturated heterocycles. The van der Waals surface area contributed by atoms with E-state index >= 15 is 0 Å². The van der Waals surface area contributed by atoms with Gasteiger partial charge in [0.05, 0.1) is 19.1 Å². The highest BCUT2D eigenvalue weighted by molar-refractivity contribution is 5.92. The van der Waals surface area contributed by atoms with Crippen molar-refractivity contribution in [2.24, 2.45) is 0 Å². The van der Waals surface area contributed by atoms with Gasteiger partial charge in [0.1, 0.15) is 11.3 Å². The summed E-state index contributed by atoms with van der Waals surface area (Å²) in [6.45, 7) is 2.23. The highest BCUT2D eigenvalue weighted by Gasteiger charge is 2.12.